The first-order valence-corrected chi connectivity index (χ1v) is 7.86. The molecule has 1 aliphatic rings. The molecule has 1 saturated heterocycles. The topological polar surface area (TPSA) is 29.5 Å². The van der Waals surface area contributed by atoms with Gasteiger partial charge in [0.2, 0.25) is 0 Å². The summed E-state index contributed by atoms with van der Waals surface area (Å²) < 4.78 is 6.37. The molecule has 5 heteroatoms. The van der Waals surface area contributed by atoms with Crippen LogP contribution in [0.5, 0.6) is 0 Å². The van der Waals surface area contributed by atoms with Crippen molar-refractivity contribution in [3.63, 3.8) is 0 Å². The van der Waals surface area contributed by atoms with E-state index in [1.54, 1.807) is 0 Å². The van der Waals surface area contributed by atoms with E-state index in [9.17, 15) is 4.79 Å². The number of ether oxygens (including phenoxy) is 1. The van der Waals surface area contributed by atoms with Gasteiger partial charge in [0.15, 0.2) is 5.78 Å². The molecule has 2 heterocycles. The number of Topliss-reactive ketones (excluding diaryl/α,β-unsaturated/α-hetero) is 1. The number of likely N-dealkylation sites (N-methyl/N-ethyl adjacent to an activating group) is 1. The second-order valence-corrected chi connectivity index (χ2v) is 6.57. The van der Waals surface area contributed by atoms with Gasteiger partial charge in [0.25, 0.3) is 0 Å². The predicted octanol–water partition coefficient (Wildman–Crippen LogP) is 3.05. The van der Waals surface area contributed by atoms with Gasteiger partial charge < -0.3 is 4.74 Å². The summed E-state index contributed by atoms with van der Waals surface area (Å²) in [4.78, 5) is 15.0. The molecule has 1 unspecified atom stereocenters. The number of nitrogens with zero attached hydrogens (tertiary/aromatic N) is 1. The molecule has 0 aromatic carbocycles. The van der Waals surface area contributed by atoms with E-state index in [2.05, 4.69) is 20.8 Å². The molecule has 0 saturated carbocycles. The minimum atomic E-state index is 0.191. The lowest BCUT2D eigenvalue weighted by Gasteiger charge is -2.26. The van der Waals surface area contributed by atoms with Gasteiger partial charge in [-0.2, -0.15) is 0 Å². The first kappa shape index (κ1) is 14.2. The van der Waals surface area contributed by atoms with E-state index >= 15 is 0 Å². The number of ketones is 1. The molecule has 0 N–H and O–H groups in total. The zero-order valence-corrected chi connectivity index (χ0v) is 12.9. The van der Waals surface area contributed by atoms with Crippen LogP contribution in [0.1, 0.15) is 22.5 Å². The summed E-state index contributed by atoms with van der Waals surface area (Å²) in [6.07, 6.45) is 2.35. The summed E-state index contributed by atoms with van der Waals surface area (Å²) in [5, 5.41) is 1.94. The molecule has 1 atom stereocenters. The third-order valence-corrected chi connectivity index (χ3v) is 4.99. The molecule has 1 aromatic heterocycles. The summed E-state index contributed by atoms with van der Waals surface area (Å²) in [6.45, 7) is 3.15. The predicted molar refractivity (Wildman–Crippen MR) is 77.4 cm³/mol. The first-order valence-electron chi connectivity index (χ1n) is 6.19. The average molecular weight is 332 g/mol. The zero-order chi connectivity index (χ0) is 13.0. The fourth-order valence-corrected chi connectivity index (χ4v) is 3.79. The molecule has 2 rings (SSSR count). The van der Waals surface area contributed by atoms with Crippen LogP contribution < -0.4 is 0 Å². The molecule has 3 nitrogen and oxygen atoms in total. The van der Waals surface area contributed by atoms with Crippen molar-refractivity contribution >= 4 is 33.0 Å². The van der Waals surface area contributed by atoms with Crippen LogP contribution in [0.3, 0.4) is 0 Å². The molecule has 0 bridgehead atoms. The third kappa shape index (κ3) is 3.88. The fourth-order valence-electron chi connectivity index (χ4n) is 2.27. The van der Waals surface area contributed by atoms with E-state index < -0.39 is 0 Å². The highest BCUT2D eigenvalue weighted by molar-refractivity contribution is 9.10. The van der Waals surface area contributed by atoms with Crippen LogP contribution >= 0.6 is 27.3 Å². The Balaban J connectivity index is 1.81. The monoisotopic (exact) mass is 331 g/mol. The van der Waals surface area contributed by atoms with Gasteiger partial charge in [0, 0.05) is 17.6 Å². The SMILES string of the molecule is CN(CC(=O)c1sccc1Br)CC1CCCOC1. The van der Waals surface area contributed by atoms with Gasteiger partial charge in [-0.25, -0.2) is 0 Å². The highest BCUT2D eigenvalue weighted by atomic mass is 79.9. The Kier molecular flexibility index (Phi) is 5.36. The van der Waals surface area contributed by atoms with E-state index in [1.165, 1.54) is 17.8 Å². The highest BCUT2D eigenvalue weighted by Crippen LogP contribution is 2.23. The number of carbonyl (C=O) groups excluding carboxylic acids is 1. The van der Waals surface area contributed by atoms with E-state index in [1.807, 2.05) is 18.5 Å². The van der Waals surface area contributed by atoms with E-state index in [0.717, 1.165) is 35.5 Å². The van der Waals surface area contributed by atoms with Crippen LogP contribution in [0.15, 0.2) is 15.9 Å². The molecular formula is C13H18BrNO2S. The van der Waals surface area contributed by atoms with Crippen molar-refractivity contribution in [1.82, 2.24) is 4.90 Å². The minimum absolute atomic E-state index is 0.191. The van der Waals surface area contributed by atoms with Crippen LogP contribution in [0, 0.1) is 5.92 Å². The average Bonchev–Trinajstić information content (AvgIpc) is 2.76. The molecule has 0 radical (unpaired) electrons. The number of carbonyl (C=O) groups is 1. The third-order valence-electron chi connectivity index (χ3n) is 3.11. The summed E-state index contributed by atoms with van der Waals surface area (Å²) in [6, 6.07) is 1.92. The normalized spacial score (nSPS) is 20.3. The summed E-state index contributed by atoms with van der Waals surface area (Å²) >= 11 is 4.90. The second kappa shape index (κ2) is 6.80. The van der Waals surface area contributed by atoms with Crippen molar-refractivity contribution in [2.75, 3.05) is 33.4 Å². The number of thiophene rings is 1. The van der Waals surface area contributed by atoms with Gasteiger partial charge in [-0.05, 0) is 53.2 Å². The number of hydrogen-bond acceptors (Lipinski definition) is 4. The van der Waals surface area contributed by atoms with Gasteiger partial charge in [-0.15, -0.1) is 11.3 Å². The van der Waals surface area contributed by atoms with Crippen LogP contribution in [0.4, 0.5) is 0 Å². The zero-order valence-electron chi connectivity index (χ0n) is 10.5. The van der Waals surface area contributed by atoms with Crippen LogP contribution in [-0.2, 0) is 4.74 Å². The Bertz CT molecular complexity index is 401. The number of rotatable bonds is 5. The maximum atomic E-state index is 12.1. The molecule has 1 aliphatic heterocycles. The lowest BCUT2D eigenvalue weighted by atomic mass is 10.0. The first-order chi connectivity index (χ1) is 8.66. The van der Waals surface area contributed by atoms with Gasteiger partial charge >= 0.3 is 0 Å². The molecule has 0 aliphatic carbocycles. The van der Waals surface area contributed by atoms with Crippen molar-refractivity contribution in [3.05, 3.63) is 20.8 Å². The molecule has 0 amide bonds. The van der Waals surface area contributed by atoms with Crippen molar-refractivity contribution in [1.29, 1.82) is 0 Å². The lowest BCUT2D eigenvalue weighted by Crippen LogP contribution is -2.34. The quantitative estimate of drug-likeness (QED) is 0.776. The van der Waals surface area contributed by atoms with Crippen molar-refractivity contribution in [3.8, 4) is 0 Å². The molecule has 0 spiro atoms. The van der Waals surface area contributed by atoms with Gasteiger partial charge in [0.05, 0.1) is 18.0 Å². The Morgan fingerprint density at radius 2 is 2.50 bits per heavy atom. The Labute approximate surface area is 120 Å². The van der Waals surface area contributed by atoms with E-state index in [0.29, 0.717) is 12.5 Å². The van der Waals surface area contributed by atoms with Gasteiger partial charge in [0.1, 0.15) is 0 Å². The molecule has 1 aromatic rings. The number of hydrogen-bond donors (Lipinski definition) is 0. The summed E-state index contributed by atoms with van der Waals surface area (Å²) in [5.41, 5.74) is 0. The Morgan fingerprint density at radius 3 is 3.11 bits per heavy atom. The van der Waals surface area contributed by atoms with Gasteiger partial charge in [-0.1, -0.05) is 0 Å². The van der Waals surface area contributed by atoms with Crippen molar-refractivity contribution in [2.45, 2.75) is 12.8 Å². The van der Waals surface area contributed by atoms with Crippen LogP contribution in [-0.4, -0.2) is 44.0 Å². The van der Waals surface area contributed by atoms with Crippen LogP contribution in [0.2, 0.25) is 0 Å². The largest absolute Gasteiger partial charge is 0.381 e. The fraction of sp³-hybridized carbons (Fsp3) is 0.615. The molecule has 18 heavy (non-hydrogen) atoms. The molecule has 1 fully saturated rings. The van der Waals surface area contributed by atoms with E-state index in [4.69, 9.17) is 4.74 Å². The standard InChI is InChI=1S/C13H18BrNO2S/c1-15(7-10-3-2-5-17-9-10)8-12(16)13-11(14)4-6-18-13/h4,6,10H,2-3,5,7-9H2,1H3. The highest BCUT2D eigenvalue weighted by Gasteiger charge is 2.19. The maximum absolute atomic E-state index is 12.1. The smallest absolute Gasteiger partial charge is 0.187 e. The maximum Gasteiger partial charge on any atom is 0.187 e. The lowest BCUT2D eigenvalue weighted by molar-refractivity contribution is 0.0416. The Morgan fingerprint density at radius 1 is 1.67 bits per heavy atom. The minimum Gasteiger partial charge on any atom is -0.381 e. The van der Waals surface area contributed by atoms with Crippen molar-refractivity contribution in [2.24, 2.45) is 5.92 Å². The molecule has 100 valence electrons. The number of halogens is 1. The van der Waals surface area contributed by atoms with E-state index in [-0.39, 0.29) is 5.78 Å². The van der Waals surface area contributed by atoms with Gasteiger partial charge in [-0.3, -0.25) is 9.69 Å². The van der Waals surface area contributed by atoms with Crippen LogP contribution in [0.25, 0.3) is 0 Å². The second-order valence-electron chi connectivity index (χ2n) is 4.80. The summed E-state index contributed by atoms with van der Waals surface area (Å²) in [5.74, 6) is 0.763. The Hall–Kier alpha value is -0.230. The molecular weight excluding hydrogens is 314 g/mol. The summed E-state index contributed by atoms with van der Waals surface area (Å²) in [7, 11) is 2.01. The van der Waals surface area contributed by atoms with Crippen molar-refractivity contribution < 1.29 is 9.53 Å².